The van der Waals surface area contributed by atoms with E-state index in [2.05, 4.69) is 25.6 Å². The molecule has 5 aromatic rings. The van der Waals surface area contributed by atoms with Crippen molar-refractivity contribution in [2.24, 2.45) is 0 Å². The first-order valence-corrected chi connectivity index (χ1v) is 14.4. The van der Waals surface area contributed by atoms with Gasteiger partial charge in [0.2, 0.25) is 0 Å². The van der Waals surface area contributed by atoms with Crippen molar-refractivity contribution in [1.82, 2.24) is 20.3 Å². The van der Waals surface area contributed by atoms with Gasteiger partial charge in [0.1, 0.15) is 17.1 Å². The highest BCUT2D eigenvalue weighted by Gasteiger charge is 2.24. The van der Waals surface area contributed by atoms with Gasteiger partial charge in [-0.2, -0.15) is 0 Å². The Kier molecular flexibility index (Phi) is 8.49. The monoisotopic (exact) mass is 599 g/mol. The molecule has 0 bridgehead atoms. The maximum atomic E-state index is 15.6. The fourth-order valence-corrected chi connectivity index (χ4v) is 5.79. The van der Waals surface area contributed by atoms with Gasteiger partial charge < -0.3 is 25.2 Å². The highest BCUT2D eigenvalue weighted by molar-refractivity contribution is 6.36. The van der Waals surface area contributed by atoms with Crippen LogP contribution in [0, 0.1) is 12.7 Å². The molecule has 43 heavy (non-hydrogen) atoms. The van der Waals surface area contributed by atoms with E-state index in [0.29, 0.717) is 51.8 Å². The van der Waals surface area contributed by atoms with Crippen LogP contribution in [0.3, 0.4) is 0 Å². The fourth-order valence-electron chi connectivity index (χ4n) is 5.46. The average Bonchev–Trinajstić information content (AvgIpc) is 3.02. The van der Waals surface area contributed by atoms with Crippen LogP contribution in [-0.4, -0.2) is 52.5 Å². The molecule has 1 saturated heterocycles. The number of hydrogen-bond acceptors (Lipinski definition) is 8. The van der Waals surface area contributed by atoms with Gasteiger partial charge in [-0.3, -0.25) is 4.98 Å². The molecule has 220 valence electrons. The predicted octanol–water partition coefficient (Wildman–Crippen LogP) is 6.45. The molecule has 0 spiro atoms. The summed E-state index contributed by atoms with van der Waals surface area (Å²) in [5, 5.41) is 17.4. The van der Waals surface area contributed by atoms with E-state index in [0.717, 1.165) is 27.9 Å². The number of aromatic nitrogens is 3. The van der Waals surface area contributed by atoms with Crippen molar-refractivity contribution in [3.05, 3.63) is 95.2 Å². The zero-order valence-corrected chi connectivity index (χ0v) is 24.5. The lowest BCUT2D eigenvalue weighted by Gasteiger charge is -2.29. The standard InChI is InChI=1S/C33H31ClFN5O3/c1-19-21(5-4-8-26(19)40-33-32-28(9-11-38-33)36-12-13-37-32)23-7-3-6-22(31(23)34)20-15-25(35)24(30(16-20)42-2)17-39-27-10-14-43-18-29(27)41/h3-9,11-13,15-16,27,29,39,41H,10,14,17-18H2,1-2H3,(H,38,40)/t27-,29+/m1/s1. The van der Waals surface area contributed by atoms with Gasteiger partial charge >= 0.3 is 0 Å². The lowest BCUT2D eigenvalue weighted by Crippen LogP contribution is -2.46. The van der Waals surface area contributed by atoms with Gasteiger partial charge in [0.15, 0.2) is 5.82 Å². The fraction of sp³-hybridized carbons (Fsp3) is 0.242. The Morgan fingerprint density at radius 2 is 1.81 bits per heavy atom. The van der Waals surface area contributed by atoms with E-state index in [4.69, 9.17) is 21.1 Å². The predicted molar refractivity (Wildman–Crippen MR) is 166 cm³/mol. The summed E-state index contributed by atoms with van der Waals surface area (Å²) >= 11 is 7.04. The number of hydrogen-bond donors (Lipinski definition) is 3. The molecular formula is C33H31ClFN5O3. The number of methoxy groups -OCH3 is 1. The Morgan fingerprint density at radius 1 is 1.02 bits per heavy atom. The summed E-state index contributed by atoms with van der Waals surface area (Å²) < 4.78 is 26.4. The summed E-state index contributed by atoms with van der Waals surface area (Å²) in [6.45, 7) is 3.03. The topological polar surface area (TPSA) is 101 Å². The molecule has 0 radical (unpaired) electrons. The highest BCUT2D eigenvalue weighted by atomic mass is 35.5. The molecule has 6 rings (SSSR count). The van der Waals surface area contributed by atoms with E-state index in [1.807, 2.05) is 49.4 Å². The Morgan fingerprint density at radius 3 is 2.65 bits per heavy atom. The van der Waals surface area contributed by atoms with E-state index >= 15 is 4.39 Å². The van der Waals surface area contributed by atoms with Crippen molar-refractivity contribution in [1.29, 1.82) is 0 Å². The second-order valence-corrected chi connectivity index (χ2v) is 10.8. The number of nitrogens with one attached hydrogen (secondary N) is 2. The van der Waals surface area contributed by atoms with E-state index in [1.165, 1.54) is 13.2 Å². The molecule has 2 aromatic heterocycles. The van der Waals surface area contributed by atoms with Gasteiger partial charge in [-0.25, -0.2) is 14.4 Å². The molecule has 3 N–H and O–H groups in total. The van der Waals surface area contributed by atoms with E-state index in [1.54, 1.807) is 24.7 Å². The van der Waals surface area contributed by atoms with E-state index < -0.39 is 11.9 Å². The minimum Gasteiger partial charge on any atom is -0.496 e. The van der Waals surface area contributed by atoms with Crippen molar-refractivity contribution in [3.8, 4) is 28.0 Å². The molecule has 3 heterocycles. The molecular weight excluding hydrogens is 569 g/mol. The minimum absolute atomic E-state index is 0.179. The zero-order chi connectivity index (χ0) is 29.9. The third-order valence-corrected chi connectivity index (χ3v) is 8.22. The van der Waals surface area contributed by atoms with Crippen LogP contribution < -0.4 is 15.4 Å². The van der Waals surface area contributed by atoms with E-state index in [-0.39, 0.29) is 19.2 Å². The quantitative estimate of drug-likeness (QED) is 0.187. The lowest BCUT2D eigenvalue weighted by molar-refractivity contribution is -0.0281. The number of ether oxygens (including phenoxy) is 2. The minimum atomic E-state index is -0.641. The summed E-state index contributed by atoms with van der Waals surface area (Å²) in [4.78, 5) is 13.3. The van der Waals surface area contributed by atoms with Crippen molar-refractivity contribution >= 4 is 34.1 Å². The smallest absolute Gasteiger partial charge is 0.158 e. The molecule has 0 saturated carbocycles. The molecule has 1 aliphatic heterocycles. The Bertz CT molecular complexity index is 1780. The maximum absolute atomic E-state index is 15.6. The molecule has 1 fully saturated rings. The molecule has 10 heteroatoms. The van der Waals surface area contributed by atoms with Crippen LogP contribution in [0.1, 0.15) is 17.5 Å². The molecule has 0 aliphatic carbocycles. The number of aliphatic hydroxyl groups excluding tert-OH is 1. The summed E-state index contributed by atoms with van der Waals surface area (Å²) in [5.74, 6) is 0.589. The first kappa shape index (κ1) is 28.9. The maximum Gasteiger partial charge on any atom is 0.158 e. The number of nitrogens with zero attached hydrogens (tertiary/aromatic N) is 3. The number of fused-ring (bicyclic) bond motifs is 1. The Labute approximate surface area is 253 Å². The van der Waals surface area contributed by atoms with Gasteiger partial charge in [0, 0.05) is 60.2 Å². The lowest BCUT2D eigenvalue weighted by atomic mass is 9.94. The second kappa shape index (κ2) is 12.6. The first-order valence-electron chi connectivity index (χ1n) is 14.0. The van der Waals surface area contributed by atoms with Crippen LogP contribution in [-0.2, 0) is 11.3 Å². The van der Waals surface area contributed by atoms with Gasteiger partial charge in [-0.1, -0.05) is 41.9 Å². The van der Waals surface area contributed by atoms with Crippen LogP contribution in [0.5, 0.6) is 5.75 Å². The van der Waals surface area contributed by atoms with Crippen LogP contribution in [0.2, 0.25) is 5.02 Å². The van der Waals surface area contributed by atoms with Crippen molar-refractivity contribution < 1.29 is 19.0 Å². The summed E-state index contributed by atoms with van der Waals surface area (Å²) in [5.41, 5.74) is 6.63. The average molecular weight is 600 g/mol. The number of halogens is 2. The molecule has 1 aliphatic rings. The normalized spacial score (nSPS) is 16.8. The van der Waals surface area contributed by atoms with Crippen LogP contribution >= 0.6 is 11.6 Å². The molecule has 0 amide bonds. The molecule has 8 nitrogen and oxygen atoms in total. The van der Waals surface area contributed by atoms with Crippen LogP contribution in [0.25, 0.3) is 33.3 Å². The Hall–Kier alpha value is -4.15. The van der Waals surface area contributed by atoms with Crippen LogP contribution in [0.4, 0.5) is 15.9 Å². The number of pyridine rings is 1. The van der Waals surface area contributed by atoms with Gasteiger partial charge in [-0.15, -0.1) is 0 Å². The van der Waals surface area contributed by atoms with Crippen molar-refractivity contribution in [2.45, 2.75) is 32.0 Å². The van der Waals surface area contributed by atoms with Crippen molar-refractivity contribution in [2.75, 3.05) is 25.6 Å². The molecule has 0 unspecified atom stereocenters. The molecule has 3 aromatic carbocycles. The zero-order valence-electron chi connectivity index (χ0n) is 23.8. The summed E-state index contributed by atoms with van der Waals surface area (Å²) in [7, 11) is 1.52. The van der Waals surface area contributed by atoms with Crippen LogP contribution in [0.15, 0.2) is 73.2 Å². The largest absolute Gasteiger partial charge is 0.496 e. The summed E-state index contributed by atoms with van der Waals surface area (Å²) in [6.07, 6.45) is 4.99. The third-order valence-electron chi connectivity index (χ3n) is 7.82. The SMILES string of the molecule is COc1cc(-c2cccc(-c3cccc(Nc4nccc5nccnc45)c3C)c2Cl)cc(F)c1CN[C@@H]1CCOC[C@@H]1O. The highest BCUT2D eigenvalue weighted by Crippen LogP contribution is 2.41. The number of rotatable bonds is 8. The van der Waals surface area contributed by atoms with Crippen molar-refractivity contribution in [3.63, 3.8) is 0 Å². The third kappa shape index (κ3) is 5.89. The summed E-state index contributed by atoms with van der Waals surface area (Å²) in [6, 6.07) is 16.6. The molecule has 2 atom stereocenters. The second-order valence-electron chi connectivity index (χ2n) is 10.4. The van der Waals surface area contributed by atoms with Gasteiger partial charge in [0.25, 0.3) is 0 Å². The Balaban J connectivity index is 1.31. The first-order chi connectivity index (χ1) is 20.9. The van der Waals surface area contributed by atoms with Gasteiger partial charge in [-0.05, 0) is 54.3 Å². The van der Waals surface area contributed by atoms with E-state index in [9.17, 15) is 5.11 Å². The number of anilines is 2. The number of benzene rings is 3. The number of aliphatic hydroxyl groups is 1. The van der Waals surface area contributed by atoms with Gasteiger partial charge in [0.05, 0.1) is 30.4 Å².